The van der Waals surface area contributed by atoms with E-state index in [4.69, 9.17) is 26.3 Å². The lowest BCUT2D eigenvalue weighted by Gasteiger charge is -2.38. The summed E-state index contributed by atoms with van der Waals surface area (Å²) in [4.78, 5) is 14.8. The molecule has 0 bridgehead atoms. The van der Waals surface area contributed by atoms with Crippen molar-refractivity contribution in [3.63, 3.8) is 0 Å². The van der Waals surface area contributed by atoms with E-state index in [2.05, 4.69) is 53.4 Å². The molecule has 0 amide bonds. The highest BCUT2D eigenvalue weighted by Gasteiger charge is 2.42. The fraction of sp³-hybridized carbons (Fsp3) is 0.552. The minimum Gasteiger partial charge on any atom is -0.462 e. The molecule has 3 heterocycles. The number of anilines is 1. The Kier molecular flexibility index (Phi) is 6.60. The molecule has 1 aromatic carbocycles. The highest BCUT2D eigenvalue weighted by Crippen LogP contribution is 2.50. The highest BCUT2D eigenvalue weighted by molar-refractivity contribution is 6.32. The SMILES string of the molecule is CC1=C[C@@]2(CCc3c(nc(OC[C@@H]4CCCN4C)nc3N3CCN[C@@H](CC#N)C3)C2)c2cccc(Cl)c21. The number of benzene rings is 1. The molecule has 6 rings (SSSR count). The normalized spacial score (nSPS) is 27.1. The zero-order valence-electron chi connectivity index (χ0n) is 21.8. The van der Waals surface area contributed by atoms with E-state index < -0.39 is 0 Å². The van der Waals surface area contributed by atoms with E-state index in [1.807, 2.05) is 6.07 Å². The second kappa shape index (κ2) is 9.90. The van der Waals surface area contributed by atoms with E-state index in [0.717, 1.165) is 68.4 Å². The first-order chi connectivity index (χ1) is 18.0. The Labute approximate surface area is 224 Å². The van der Waals surface area contributed by atoms with E-state index in [-0.39, 0.29) is 11.5 Å². The molecule has 4 aliphatic rings. The van der Waals surface area contributed by atoms with Crippen LogP contribution in [0.2, 0.25) is 5.02 Å². The first kappa shape index (κ1) is 24.7. The molecule has 0 radical (unpaired) electrons. The standard InChI is InChI=1S/C29H35ClN6O/c1-19-15-29(23-6-3-7-24(30)26(19)23)10-8-22-25(16-29)33-28(37-18-21-5-4-13-35(21)2)34-27(22)36-14-12-32-20(17-36)9-11-31/h3,6-7,15,20-21,32H,4-5,8-10,12-14,16-18H2,1-2H3/t20-,21-,29+/m0/s1. The van der Waals surface area contributed by atoms with E-state index in [9.17, 15) is 5.26 Å². The largest absolute Gasteiger partial charge is 0.462 e. The van der Waals surface area contributed by atoms with Gasteiger partial charge in [0.05, 0.1) is 18.2 Å². The zero-order chi connectivity index (χ0) is 25.6. The van der Waals surface area contributed by atoms with Crippen LogP contribution < -0.4 is 15.0 Å². The molecule has 1 N–H and O–H groups in total. The molecule has 2 aliphatic carbocycles. The Balaban J connectivity index is 1.36. The fourth-order valence-electron chi connectivity index (χ4n) is 6.84. The van der Waals surface area contributed by atoms with Crippen molar-refractivity contribution < 1.29 is 4.74 Å². The number of nitrogens with zero attached hydrogens (tertiary/aromatic N) is 5. The molecular weight excluding hydrogens is 484 g/mol. The molecule has 194 valence electrons. The number of allylic oxidation sites excluding steroid dienone is 2. The summed E-state index contributed by atoms with van der Waals surface area (Å²) < 4.78 is 6.30. The minimum absolute atomic E-state index is 0.0985. The molecular formula is C29H35ClN6O. The number of nitriles is 1. The molecule has 2 fully saturated rings. The van der Waals surface area contributed by atoms with Crippen LogP contribution in [0.4, 0.5) is 5.82 Å². The molecule has 7 nitrogen and oxygen atoms in total. The molecule has 2 aromatic rings. The van der Waals surface area contributed by atoms with E-state index in [1.54, 1.807) is 0 Å². The van der Waals surface area contributed by atoms with Crippen LogP contribution in [-0.4, -0.2) is 66.8 Å². The summed E-state index contributed by atoms with van der Waals surface area (Å²) in [6, 6.07) is 9.64. The smallest absolute Gasteiger partial charge is 0.318 e. The van der Waals surface area contributed by atoms with Gasteiger partial charge in [0.1, 0.15) is 12.4 Å². The first-order valence-corrected chi connectivity index (χ1v) is 13.9. The van der Waals surface area contributed by atoms with Crippen molar-refractivity contribution in [1.82, 2.24) is 20.2 Å². The third kappa shape index (κ3) is 4.50. The predicted octanol–water partition coefficient (Wildman–Crippen LogP) is 4.14. The second-order valence-electron chi connectivity index (χ2n) is 11.1. The van der Waals surface area contributed by atoms with Crippen molar-refractivity contribution in [1.29, 1.82) is 5.26 Å². The van der Waals surface area contributed by atoms with Gasteiger partial charge in [-0.25, -0.2) is 0 Å². The number of ether oxygens (including phenoxy) is 1. The lowest BCUT2D eigenvalue weighted by atomic mass is 9.70. The number of likely N-dealkylation sites (N-methyl/N-ethyl adjacent to an activating group) is 1. The van der Waals surface area contributed by atoms with E-state index >= 15 is 0 Å². The van der Waals surface area contributed by atoms with Gasteiger partial charge in [0.2, 0.25) is 0 Å². The van der Waals surface area contributed by atoms with Crippen molar-refractivity contribution in [2.75, 3.05) is 44.7 Å². The van der Waals surface area contributed by atoms with Crippen molar-refractivity contribution in [3.05, 3.63) is 51.7 Å². The Bertz CT molecular complexity index is 1270. The maximum atomic E-state index is 9.27. The van der Waals surface area contributed by atoms with Crippen LogP contribution in [0, 0.1) is 11.3 Å². The van der Waals surface area contributed by atoms with E-state index in [0.29, 0.717) is 25.1 Å². The van der Waals surface area contributed by atoms with Crippen LogP contribution in [0.15, 0.2) is 24.3 Å². The van der Waals surface area contributed by atoms with Gasteiger partial charge in [0, 0.05) is 54.1 Å². The third-order valence-corrected chi connectivity index (χ3v) is 9.08. The summed E-state index contributed by atoms with van der Waals surface area (Å²) >= 11 is 6.65. The summed E-state index contributed by atoms with van der Waals surface area (Å²) in [6.07, 6.45) is 7.98. The quantitative estimate of drug-likeness (QED) is 0.637. The van der Waals surface area contributed by atoms with E-state index in [1.165, 1.54) is 28.7 Å². The molecule has 0 saturated carbocycles. The van der Waals surface area contributed by atoms with Gasteiger partial charge in [0.15, 0.2) is 0 Å². The maximum Gasteiger partial charge on any atom is 0.318 e. The molecule has 2 aliphatic heterocycles. The van der Waals surface area contributed by atoms with Gasteiger partial charge in [0.25, 0.3) is 0 Å². The Morgan fingerprint density at radius 3 is 3.00 bits per heavy atom. The number of nitrogens with one attached hydrogen (secondary N) is 1. The third-order valence-electron chi connectivity index (χ3n) is 8.76. The molecule has 37 heavy (non-hydrogen) atoms. The number of likely N-dealkylation sites (tertiary alicyclic amines) is 1. The number of hydrogen-bond donors (Lipinski definition) is 1. The lowest BCUT2D eigenvalue weighted by Crippen LogP contribution is -2.51. The average Bonchev–Trinajstić information content (AvgIpc) is 3.43. The van der Waals surface area contributed by atoms with Crippen LogP contribution >= 0.6 is 11.6 Å². The summed E-state index contributed by atoms with van der Waals surface area (Å²) in [6.45, 7) is 6.36. The minimum atomic E-state index is -0.0985. The number of fused-ring (bicyclic) bond motifs is 3. The summed E-state index contributed by atoms with van der Waals surface area (Å²) in [7, 11) is 2.16. The number of rotatable bonds is 5. The molecule has 0 unspecified atom stereocenters. The van der Waals surface area contributed by atoms with Crippen molar-refractivity contribution >= 4 is 23.0 Å². The Morgan fingerprint density at radius 1 is 1.30 bits per heavy atom. The van der Waals surface area contributed by atoms with Crippen LogP contribution in [0.1, 0.15) is 55.0 Å². The van der Waals surface area contributed by atoms with Gasteiger partial charge in [-0.2, -0.15) is 15.2 Å². The second-order valence-corrected chi connectivity index (χ2v) is 11.5. The van der Waals surface area contributed by atoms with Crippen molar-refractivity contribution in [3.8, 4) is 12.1 Å². The van der Waals surface area contributed by atoms with Gasteiger partial charge >= 0.3 is 6.01 Å². The topological polar surface area (TPSA) is 77.3 Å². The van der Waals surface area contributed by atoms with Crippen LogP contribution in [0.5, 0.6) is 6.01 Å². The van der Waals surface area contributed by atoms with Gasteiger partial charge in [-0.15, -0.1) is 0 Å². The van der Waals surface area contributed by atoms with Crippen molar-refractivity contribution in [2.24, 2.45) is 0 Å². The van der Waals surface area contributed by atoms with Crippen LogP contribution in [0.3, 0.4) is 0 Å². The summed E-state index contributed by atoms with van der Waals surface area (Å²) in [5, 5.41) is 13.6. The first-order valence-electron chi connectivity index (χ1n) is 13.5. The van der Waals surface area contributed by atoms with Gasteiger partial charge in [-0.05, 0) is 69.0 Å². The molecule has 3 atom stereocenters. The molecule has 8 heteroatoms. The monoisotopic (exact) mass is 518 g/mol. The Morgan fingerprint density at radius 2 is 2.19 bits per heavy atom. The highest BCUT2D eigenvalue weighted by atomic mass is 35.5. The summed E-state index contributed by atoms with van der Waals surface area (Å²) in [5.74, 6) is 0.990. The summed E-state index contributed by atoms with van der Waals surface area (Å²) in [5.41, 5.74) is 5.96. The molecule has 2 saturated heterocycles. The lowest BCUT2D eigenvalue weighted by molar-refractivity contribution is 0.187. The molecule has 1 aromatic heterocycles. The molecule has 1 spiro atoms. The zero-order valence-corrected chi connectivity index (χ0v) is 22.5. The number of halogens is 1. The number of hydrogen-bond acceptors (Lipinski definition) is 7. The average molecular weight is 519 g/mol. The maximum absolute atomic E-state index is 9.27. The van der Waals surface area contributed by atoms with Crippen LogP contribution in [-0.2, 0) is 18.3 Å². The fourth-order valence-corrected chi connectivity index (χ4v) is 7.16. The van der Waals surface area contributed by atoms with Crippen LogP contribution in [0.25, 0.3) is 5.57 Å². The Hall–Kier alpha value is -2.66. The number of aromatic nitrogens is 2. The van der Waals surface area contributed by atoms with Gasteiger partial charge in [-0.3, -0.25) is 0 Å². The van der Waals surface area contributed by atoms with Gasteiger partial charge < -0.3 is 19.9 Å². The number of piperazine rings is 1. The van der Waals surface area contributed by atoms with Gasteiger partial charge in [-0.1, -0.05) is 29.8 Å². The predicted molar refractivity (Wildman–Crippen MR) is 146 cm³/mol. The van der Waals surface area contributed by atoms with Crippen molar-refractivity contribution in [2.45, 2.75) is 62.9 Å².